The van der Waals surface area contributed by atoms with Gasteiger partial charge >= 0.3 is 0 Å². The van der Waals surface area contributed by atoms with E-state index in [1.54, 1.807) is 16.7 Å². The second-order valence-electron chi connectivity index (χ2n) is 6.46. The van der Waals surface area contributed by atoms with Gasteiger partial charge in [-0.15, -0.1) is 11.8 Å². The van der Waals surface area contributed by atoms with Crippen LogP contribution in [-0.4, -0.2) is 69.2 Å². The Morgan fingerprint density at radius 1 is 1.27 bits per heavy atom. The first kappa shape index (κ1) is 17.0. The average molecular weight is 376 g/mol. The highest BCUT2D eigenvalue weighted by molar-refractivity contribution is 7.99. The molecule has 3 aliphatic heterocycles. The molecule has 2 atom stereocenters. The largest absolute Gasteiger partial charge is 0.331 e. The molecule has 136 valence electrons. The van der Waals surface area contributed by atoms with Crippen molar-refractivity contribution in [1.29, 1.82) is 0 Å². The summed E-state index contributed by atoms with van der Waals surface area (Å²) < 4.78 is 0. The van der Waals surface area contributed by atoms with Crippen molar-refractivity contribution < 1.29 is 19.3 Å². The Balaban J connectivity index is 1.52. The number of benzene rings is 1. The van der Waals surface area contributed by atoms with E-state index in [4.69, 9.17) is 0 Å². The maximum Gasteiger partial charge on any atom is 0.270 e. The molecule has 0 spiro atoms. The third-order valence-electron chi connectivity index (χ3n) is 4.95. The van der Waals surface area contributed by atoms with Crippen LogP contribution in [0.5, 0.6) is 0 Å². The maximum absolute atomic E-state index is 12.7. The smallest absolute Gasteiger partial charge is 0.270 e. The Morgan fingerprint density at radius 3 is 2.73 bits per heavy atom. The second-order valence-corrected chi connectivity index (χ2v) is 7.53. The monoisotopic (exact) mass is 376 g/mol. The quantitative estimate of drug-likeness (QED) is 0.463. The molecule has 1 N–H and O–H groups in total. The van der Waals surface area contributed by atoms with Crippen molar-refractivity contribution in [2.75, 3.05) is 24.7 Å². The first-order valence-corrected chi connectivity index (χ1v) is 9.39. The summed E-state index contributed by atoms with van der Waals surface area (Å²) in [7, 11) is 0. The van der Waals surface area contributed by atoms with E-state index < -0.39 is 28.8 Å². The number of amides is 3. The molecule has 2 fully saturated rings. The fourth-order valence-corrected chi connectivity index (χ4v) is 4.56. The van der Waals surface area contributed by atoms with Gasteiger partial charge in [0, 0.05) is 31.0 Å². The number of carbonyl (C=O) groups is 3. The van der Waals surface area contributed by atoms with Crippen LogP contribution in [0.4, 0.5) is 5.69 Å². The molecule has 9 nitrogen and oxygen atoms in total. The van der Waals surface area contributed by atoms with Crippen molar-refractivity contribution in [3.8, 4) is 0 Å². The van der Waals surface area contributed by atoms with Gasteiger partial charge in [0.05, 0.1) is 34.0 Å². The van der Waals surface area contributed by atoms with Crippen LogP contribution < -0.4 is 5.32 Å². The molecular formula is C16H16N4O5S. The number of imide groups is 1. The van der Waals surface area contributed by atoms with Gasteiger partial charge in [-0.25, -0.2) is 0 Å². The van der Waals surface area contributed by atoms with Crippen molar-refractivity contribution in [2.45, 2.75) is 18.5 Å². The van der Waals surface area contributed by atoms with E-state index in [-0.39, 0.29) is 22.7 Å². The summed E-state index contributed by atoms with van der Waals surface area (Å²) in [4.78, 5) is 51.0. The minimum Gasteiger partial charge on any atom is -0.331 e. The predicted molar refractivity (Wildman–Crippen MR) is 92.8 cm³/mol. The maximum atomic E-state index is 12.7. The van der Waals surface area contributed by atoms with Gasteiger partial charge in [0.15, 0.2) is 0 Å². The Hall–Kier alpha value is -2.46. The Bertz CT molecular complexity index is 823. The molecule has 3 aliphatic rings. The van der Waals surface area contributed by atoms with Gasteiger partial charge in [-0.3, -0.25) is 29.4 Å². The number of non-ortho nitro benzene ring substituents is 1. The minimum absolute atomic E-state index is 0.00949. The van der Waals surface area contributed by atoms with Gasteiger partial charge in [-0.2, -0.15) is 0 Å². The van der Waals surface area contributed by atoms with Gasteiger partial charge in [0.2, 0.25) is 5.91 Å². The third-order valence-corrected chi connectivity index (χ3v) is 5.91. The molecular weight excluding hydrogens is 360 g/mol. The highest BCUT2D eigenvalue weighted by Gasteiger charge is 2.45. The minimum atomic E-state index is -0.597. The summed E-state index contributed by atoms with van der Waals surface area (Å²) in [6, 6.07) is 2.82. The zero-order valence-electron chi connectivity index (χ0n) is 13.7. The zero-order valence-corrected chi connectivity index (χ0v) is 14.5. The normalized spacial score (nSPS) is 25.1. The summed E-state index contributed by atoms with van der Waals surface area (Å²) in [5, 5.41) is 14.0. The van der Waals surface area contributed by atoms with Crippen molar-refractivity contribution in [2.24, 2.45) is 0 Å². The molecule has 0 aromatic heterocycles. The number of nitro groups is 1. The van der Waals surface area contributed by atoms with E-state index in [9.17, 15) is 24.5 Å². The molecule has 3 amide bonds. The predicted octanol–water partition coefficient (Wildman–Crippen LogP) is 0.454. The van der Waals surface area contributed by atoms with E-state index in [1.807, 2.05) is 0 Å². The number of nitrogens with one attached hydrogen (secondary N) is 1. The van der Waals surface area contributed by atoms with Crippen molar-refractivity contribution >= 4 is 35.2 Å². The van der Waals surface area contributed by atoms with E-state index in [0.717, 1.165) is 16.7 Å². The molecule has 1 aromatic rings. The second kappa shape index (κ2) is 6.36. The lowest BCUT2D eigenvalue weighted by atomic mass is 10.1. The fraction of sp³-hybridized carbons (Fsp3) is 0.438. The third kappa shape index (κ3) is 2.65. The molecule has 0 unspecified atom stereocenters. The molecule has 10 heteroatoms. The average Bonchev–Trinajstić information content (AvgIpc) is 3.36. The van der Waals surface area contributed by atoms with E-state index >= 15 is 0 Å². The molecule has 0 bridgehead atoms. The molecule has 4 rings (SSSR count). The molecule has 26 heavy (non-hydrogen) atoms. The summed E-state index contributed by atoms with van der Waals surface area (Å²) >= 11 is 1.70. The van der Waals surface area contributed by atoms with Gasteiger partial charge in [-0.1, -0.05) is 0 Å². The lowest BCUT2D eigenvalue weighted by molar-refractivity contribution is -0.384. The van der Waals surface area contributed by atoms with E-state index in [2.05, 4.69) is 5.32 Å². The summed E-state index contributed by atoms with van der Waals surface area (Å²) in [5.74, 6) is 0.573. The van der Waals surface area contributed by atoms with Crippen LogP contribution in [0, 0.1) is 10.1 Å². The number of hydrogen-bond donors (Lipinski definition) is 1. The number of nitro benzene ring substituents is 1. The molecule has 3 heterocycles. The fourth-order valence-electron chi connectivity index (χ4n) is 3.60. The molecule has 1 aromatic carbocycles. The van der Waals surface area contributed by atoms with Crippen LogP contribution in [0.1, 0.15) is 27.1 Å². The Labute approximate surface area is 152 Å². The van der Waals surface area contributed by atoms with E-state index in [1.165, 1.54) is 12.1 Å². The number of rotatable bonds is 3. The lowest BCUT2D eigenvalue weighted by Gasteiger charge is -2.22. The highest BCUT2D eigenvalue weighted by Crippen LogP contribution is 2.30. The van der Waals surface area contributed by atoms with Gasteiger partial charge in [0.25, 0.3) is 17.5 Å². The first-order chi connectivity index (χ1) is 12.5. The summed E-state index contributed by atoms with van der Waals surface area (Å²) in [5.41, 5.74) is -0.00266. The van der Waals surface area contributed by atoms with Gasteiger partial charge < -0.3 is 10.2 Å². The Morgan fingerprint density at radius 2 is 2.04 bits per heavy atom. The standard InChI is InChI=1S/C16H16N4O5S/c21-14-11-2-1-9(20(24)25)5-12(11)15(22)19(14)10-6-13(17-7-10)16(23)18-3-4-26-8-18/h1-2,5,10,13,17H,3-4,6-8H2/t10-,13-/m0/s1. The first-order valence-electron chi connectivity index (χ1n) is 8.23. The number of carbonyl (C=O) groups excluding carboxylic acids is 3. The molecule has 2 saturated heterocycles. The van der Waals surface area contributed by atoms with E-state index in [0.29, 0.717) is 25.4 Å². The number of hydrogen-bond acceptors (Lipinski definition) is 7. The Kier molecular flexibility index (Phi) is 4.16. The highest BCUT2D eigenvalue weighted by atomic mass is 32.2. The van der Waals surface area contributed by atoms with Crippen molar-refractivity contribution in [3.63, 3.8) is 0 Å². The summed E-state index contributed by atoms with van der Waals surface area (Å²) in [6.07, 6.45) is 0.355. The van der Waals surface area contributed by atoms with Crippen LogP contribution in [0.3, 0.4) is 0 Å². The molecule has 0 radical (unpaired) electrons. The SMILES string of the molecule is O=C([C@@H]1C[C@H](N2C(=O)c3ccc([N+](=O)[O-])cc3C2=O)CN1)N1CCSC1. The summed E-state index contributed by atoms with van der Waals surface area (Å²) in [6.45, 7) is 1.05. The topological polar surface area (TPSA) is 113 Å². The van der Waals surface area contributed by atoms with Crippen molar-refractivity contribution in [3.05, 3.63) is 39.4 Å². The zero-order chi connectivity index (χ0) is 18.4. The van der Waals surface area contributed by atoms with Crippen LogP contribution in [-0.2, 0) is 4.79 Å². The van der Waals surface area contributed by atoms with Crippen molar-refractivity contribution in [1.82, 2.24) is 15.1 Å². The number of fused-ring (bicyclic) bond motifs is 1. The van der Waals surface area contributed by atoms with Crippen LogP contribution in [0.15, 0.2) is 18.2 Å². The number of thioether (sulfide) groups is 1. The van der Waals surface area contributed by atoms with Crippen LogP contribution in [0.2, 0.25) is 0 Å². The van der Waals surface area contributed by atoms with Crippen LogP contribution in [0.25, 0.3) is 0 Å². The molecule has 0 aliphatic carbocycles. The number of nitrogens with zero attached hydrogens (tertiary/aromatic N) is 3. The molecule has 0 saturated carbocycles. The van der Waals surface area contributed by atoms with Gasteiger partial charge in [-0.05, 0) is 12.5 Å². The van der Waals surface area contributed by atoms with Crippen LogP contribution >= 0.6 is 11.8 Å². The van der Waals surface area contributed by atoms with Gasteiger partial charge in [0.1, 0.15) is 0 Å². The lowest BCUT2D eigenvalue weighted by Crippen LogP contribution is -2.42.